The highest BCUT2D eigenvalue weighted by Gasteiger charge is 2.22. The van der Waals surface area contributed by atoms with Gasteiger partial charge in [-0.25, -0.2) is 4.98 Å². The van der Waals surface area contributed by atoms with E-state index in [1.165, 1.54) is 4.40 Å². The number of hydrogen-bond acceptors (Lipinski definition) is 4. The largest absolute Gasteiger partial charge is 0.336 e. The maximum absolute atomic E-state index is 12.6. The molecule has 1 aliphatic heterocycles. The van der Waals surface area contributed by atoms with Crippen molar-refractivity contribution in [3.8, 4) is 0 Å². The van der Waals surface area contributed by atoms with Crippen LogP contribution in [-0.4, -0.2) is 51.3 Å². The molecule has 138 valence electrons. The van der Waals surface area contributed by atoms with Crippen molar-refractivity contribution in [2.45, 2.75) is 6.54 Å². The number of benzene rings is 1. The number of aromatic nitrogens is 2. The van der Waals surface area contributed by atoms with E-state index in [2.05, 4.69) is 9.88 Å². The van der Waals surface area contributed by atoms with Crippen LogP contribution in [0.1, 0.15) is 16.1 Å². The first-order chi connectivity index (χ1) is 13.1. The molecule has 7 heteroatoms. The van der Waals surface area contributed by atoms with Crippen LogP contribution in [0.15, 0.2) is 59.5 Å². The van der Waals surface area contributed by atoms with Crippen molar-refractivity contribution in [3.05, 3.63) is 81.4 Å². The van der Waals surface area contributed by atoms with E-state index >= 15 is 0 Å². The van der Waals surface area contributed by atoms with Crippen molar-refractivity contribution in [2.24, 2.45) is 0 Å². The molecule has 0 atom stereocenters. The fraction of sp³-hybridized carbons (Fsp3) is 0.250. The fourth-order valence-electron chi connectivity index (χ4n) is 3.33. The lowest BCUT2D eigenvalue weighted by molar-refractivity contribution is 0.0627. The van der Waals surface area contributed by atoms with Gasteiger partial charge in [0.2, 0.25) is 0 Å². The zero-order chi connectivity index (χ0) is 18.8. The number of rotatable bonds is 3. The third-order valence-corrected chi connectivity index (χ3v) is 4.98. The smallest absolute Gasteiger partial charge is 0.258 e. The summed E-state index contributed by atoms with van der Waals surface area (Å²) in [6.45, 7) is 3.35. The zero-order valence-corrected chi connectivity index (χ0v) is 15.5. The monoisotopic (exact) mass is 382 g/mol. The Kier molecular flexibility index (Phi) is 4.92. The molecule has 0 spiro atoms. The number of pyridine rings is 1. The molecular formula is C20H19ClN4O2. The van der Waals surface area contributed by atoms with Gasteiger partial charge in [0.25, 0.3) is 11.5 Å². The van der Waals surface area contributed by atoms with E-state index < -0.39 is 0 Å². The van der Waals surface area contributed by atoms with Crippen LogP contribution in [0.3, 0.4) is 0 Å². The van der Waals surface area contributed by atoms with Crippen LogP contribution in [0.5, 0.6) is 0 Å². The van der Waals surface area contributed by atoms with Gasteiger partial charge >= 0.3 is 0 Å². The van der Waals surface area contributed by atoms with Crippen molar-refractivity contribution in [3.63, 3.8) is 0 Å². The molecule has 3 aromatic rings. The van der Waals surface area contributed by atoms with E-state index in [4.69, 9.17) is 11.6 Å². The molecule has 6 nitrogen and oxygen atoms in total. The summed E-state index contributed by atoms with van der Waals surface area (Å²) in [7, 11) is 0. The maximum Gasteiger partial charge on any atom is 0.258 e. The van der Waals surface area contributed by atoms with Crippen molar-refractivity contribution < 1.29 is 4.79 Å². The van der Waals surface area contributed by atoms with Gasteiger partial charge in [-0.2, -0.15) is 0 Å². The number of halogens is 1. The molecule has 1 fully saturated rings. The van der Waals surface area contributed by atoms with Gasteiger partial charge in [-0.05, 0) is 30.3 Å². The van der Waals surface area contributed by atoms with Gasteiger partial charge in [-0.1, -0.05) is 23.7 Å². The molecule has 0 aliphatic carbocycles. The fourth-order valence-corrected chi connectivity index (χ4v) is 3.52. The zero-order valence-electron chi connectivity index (χ0n) is 14.7. The normalized spacial score (nSPS) is 15.2. The quantitative estimate of drug-likeness (QED) is 0.697. The molecule has 0 radical (unpaired) electrons. The molecule has 0 unspecified atom stereocenters. The third kappa shape index (κ3) is 3.86. The molecule has 1 aromatic carbocycles. The lowest BCUT2D eigenvalue weighted by atomic mass is 10.2. The SMILES string of the molecule is O=C(c1cccc(Cl)c1)N1CCN(Cc2cc(=O)n3ccccc3n2)CC1. The minimum absolute atomic E-state index is 0.000718. The molecule has 4 rings (SSSR count). The van der Waals surface area contributed by atoms with E-state index in [0.29, 0.717) is 35.9 Å². The van der Waals surface area contributed by atoms with Crippen LogP contribution < -0.4 is 5.56 Å². The van der Waals surface area contributed by atoms with Crippen LogP contribution in [0, 0.1) is 0 Å². The molecule has 0 saturated carbocycles. The summed E-state index contributed by atoms with van der Waals surface area (Å²) in [4.78, 5) is 33.4. The Hall–Kier alpha value is -2.70. The summed E-state index contributed by atoms with van der Waals surface area (Å²) in [5, 5.41) is 0.563. The molecule has 27 heavy (non-hydrogen) atoms. The summed E-state index contributed by atoms with van der Waals surface area (Å²) in [5.41, 5.74) is 1.93. The van der Waals surface area contributed by atoms with Crippen LogP contribution in [0.4, 0.5) is 0 Å². The van der Waals surface area contributed by atoms with Crippen LogP contribution in [0.25, 0.3) is 5.65 Å². The first-order valence-electron chi connectivity index (χ1n) is 8.85. The minimum Gasteiger partial charge on any atom is -0.336 e. The van der Waals surface area contributed by atoms with Gasteiger partial charge in [-0.15, -0.1) is 0 Å². The third-order valence-electron chi connectivity index (χ3n) is 4.74. The summed E-state index contributed by atoms with van der Waals surface area (Å²) < 4.78 is 1.53. The number of carbonyl (C=O) groups excluding carboxylic acids is 1. The molecule has 1 amide bonds. The second-order valence-corrected chi connectivity index (χ2v) is 7.03. The average Bonchev–Trinajstić information content (AvgIpc) is 2.68. The van der Waals surface area contributed by atoms with E-state index in [9.17, 15) is 9.59 Å². The highest BCUT2D eigenvalue weighted by atomic mass is 35.5. The number of piperazine rings is 1. The van der Waals surface area contributed by atoms with Crippen LogP contribution in [-0.2, 0) is 6.54 Å². The highest BCUT2D eigenvalue weighted by molar-refractivity contribution is 6.30. The summed E-state index contributed by atoms with van der Waals surface area (Å²) in [5.74, 6) is -0.000718. The topological polar surface area (TPSA) is 57.9 Å². The van der Waals surface area contributed by atoms with Crippen molar-refractivity contribution in [1.82, 2.24) is 19.2 Å². The first-order valence-corrected chi connectivity index (χ1v) is 9.22. The van der Waals surface area contributed by atoms with E-state index in [1.807, 2.05) is 23.1 Å². The Labute approximate surface area is 161 Å². The standard InChI is InChI=1S/C20H19ClN4O2/c21-16-5-3-4-15(12-16)20(27)24-10-8-23(9-11-24)14-17-13-19(26)25-7-2-1-6-18(25)22-17/h1-7,12-13H,8-11,14H2. The Morgan fingerprint density at radius 2 is 1.85 bits per heavy atom. The van der Waals surface area contributed by atoms with Crippen LogP contribution in [0.2, 0.25) is 5.02 Å². The average molecular weight is 383 g/mol. The van der Waals surface area contributed by atoms with E-state index in [-0.39, 0.29) is 11.5 Å². The molecule has 1 aliphatic rings. The number of hydrogen-bond donors (Lipinski definition) is 0. The van der Waals surface area contributed by atoms with Gasteiger partial charge in [0.1, 0.15) is 5.65 Å². The predicted octanol–water partition coefficient (Wildman–Crippen LogP) is 2.31. The number of carbonyl (C=O) groups is 1. The van der Waals surface area contributed by atoms with Gasteiger partial charge < -0.3 is 4.90 Å². The summed E-state index contributed by atoms with van der Waals surface area (Å²) in [6, 6.07) is 14.1. The summed E-state index contributed by atoms with van der Waals surface area (Å²) in [6.07, 6.45) is 1.72. The highest BCUT2D eigenvalue weighted by Crippen LogP contribution is 2.15. The Morgan fingerprint density at radius 3 is 2.63 bits per heavy atom. The number of fused-ring (bicyclic) bond motifs is 1. The second kappa shape index (κ2) is 7.50. The van der Waals surface area contributed by atoms with Crippen molar-refractivity contribution in [1.29, 1.82) is 0 Å². The van der Waals surface area contributed by atoms with Crippen LogP contribution >= 0.6 is 11.6 Å². The van der Waals surface area contributed by atoms with Gasteiger partial charge in [-0.3, -0.25) is 18.9 Å². The Morgan fingerprint density at radius 1 is 1.04 bits per heavy atom. The Balaban J connectivity index is 1.41. The van der Waals surface area contributed by atoms with E-state index in [1.54, 1.807) is 36.5 Å². The summed E-state index contributed by atoms with van der Waals surface area (Å²) >= 11 is 5.98. The minimum atomic E-state index is -0.0784. The number of amides is 1. The predicted molar refractivity (Wildman–Crippen MR) is 104 cm³/mol. The van der Waals surface area contributed by atoms with Crippen molar-refractivity contribution in [2.75, 3.05) is 26.2 Å². The number of nitrogens with zero attached hydrogens (tertiary/aromatic N) is 4. The molecule has 0 bridgehead atoms. The Bertz CT molecular complexity index is 1040. The van der Waals surface area contributed by atoms with Gasteiger partial charge in [0, 0.05) is 55.6 Å². The molecule has 2 aromatic heterocycles. The van der Waals surface area contributed by atoms with Gasteiger partial charge in [0.05, 0.1) is 5.69 Å². The van der Waals surface area contributed by atoms with Gasteiger partial charge in [0.15, 0.2) is 0 Å². The molecule has 1 saturated heterocycles. The first kappa shape index (κ1) is 17.7. The van der Waals surface area contributed by atoms with E-state index in [0.717, 1.165) is 18.8 Å². The molecule has 3 heterocycles. The lowest BCUT2D eigenvalue weighted by Crippen LogP contribution is -2.48. The lowest BCUT2D eigenvalue weighted by Gasteiger charge is -2.34. The maximum atomic E-state index is 12.6. The van der Waals surface area contributed by atoms with Crippen molar-refractivity contribution >= 4 is 23.2 Å². The molecule has 0 N–H and O–H groups in total. The molecular weight excluding hydrogens is 364 g/mol. The second-order valence-electron chi connectivity index (χ2n) is 6.59.